The van der Waals surface area contributed by atoms with Gasteiger partial charge < -0.3 is 5.11 Å². The molecule has 1 heteroatoms. The molecule has 0 spiro atoms. The Morgan fingerprint density at radius 2 is 1.85 bits per heavy atom. The predicted molar refractivity (Wildman–Crippen MR) is 56.7 cm³/mol. The Bertz CT molecular complexity index is 131. The third-order valence-corrected chi connectivity index (χ3v) is 3.23. The van der Waals surface area contributed by atoms with Gasteiger partial charge in [-0.1, -0.05) is 39.5 Å². The highest BCUT2D eigenvalue weighted by Gasteiger charge is 2.21. The molecule has 0 aromatic rings. The Hall–Kier alpha value is -0.0400. The molecule has 1 nitrogen and oxygen atoms in total. The van der Waals surface area contributed by atoms with Crippen LogP contribution in [0.5, 0.6) is 0 Å². The summed E-state index contributed by atoms with van der Waals surface area (Å²) in [4.78, 5) is 0. The van der Waals surface area contributed by atoms with Crippen LogP contribution in [0.25, 0.3) is 0 Å². The van der Waals surface area contributed by atoms with E-state index in [2.05, 4.69) is 13.8 Å². The van der Waals surface area contributed by atoms with Gasteiger partial charge in [-0.25, -0.2) is 0 Å². The van der Waals surface area contributed by atoms with Crippen LogP contribution in [-0.2, 0) is 0 Å². The van der Waals surface area contributed by atoms with Crippen molar-refractivity contribution in [3.05, 3.63) is 0 Å². The summed E-state index contributed by atoms with van der Waals surface area (Å²) in [6.45, 7) is 4.53. The fourth-order valence-corrected chi connectivity index (χ4v) is 2.25. The highest BCUT2D eigenvalue weighted by atomic mass is 16.3. The molecule has 0 amide bonds. The van der Waals surface area contributed by atoms with Crippen LogP contribution in [0.4, 0.5) is 0 Å². The van der Waals surface area contributed by atoms with Gasteiger partial charge in [0.15, 0.2) is 0 Å². The zero-order valence-electron chi connectivity index (χ0n) is 9.13. The highest BCUT2D eigenvalue weighted by molar-refractivity contribution is 4.73. The van der Waals surface area contributed by atoms with Gasteiger partial charge in [-0.2, -0.15) is 0 Å². The molecule has 0 aromatic heterocycles. The van der Waals surface area contributed by atoms with Crippen LogP contribution in [0.2, 0.25) is 0 Å². The average molecular weight is 184 g/mol. The van der Waals surface area contributed by atoms with E-state index in [-0.39, 0.29) is 6.10 Å². The number of aliphatic hydroxyl groups is 1. The van der Waals surface area contributed by atoms with Gasteiger partial charge in [0.05, 0.1) is 6.10 Å². The Labute approximate surface area is 82.5 Å². The SMILES string of the molecule is CC(C)CC[C@@H]1CCCCC[C@H]1O. The lowest BCUT2D eigenvalue weighted by Crippen LogP contribution is -2.19. The van der Waals surface area contributed by atoms with Crippen molar-refractivity contribution in [3.8, 4) is 0 Å². The highest BCUT2D eigenvalue weighted by Crippen LogP contribution is 2.28. The summed E-state index contributed by atoms with van der Waals surface area (Å²) in [5.41, 5.74) is 0. The first-order valence-corrected chi connectivity index (χ1v) is 5.88. The summed E-state index contributed by atoms with van der Waals surface area (Å²) in [7, 11) is 0. The molecule has 0 bridgehead atoms. The van der Waals surface area contributed by atoms with E-state index in [0.717, 1.165) is 12.3 Å². The summed E-state index contributed by atoms with van der Waals surface area (Å²) < 4.78 is 0. The van der Waals surface area contributed by atoms with Crippen molar-refractivity contribution >= 4 is 0 Å². The molecule has 78 valence electrons. The normalized spacial score (nSPS) is 30.5. The molecule has 2 atom stereocenters. The predicted octanol–water partition coefficient (Wildman–Crippen LogP) is 3.36. The molecular formula is C12H24O. The van der Waals surface area contributed by atoms with Gasteiger partial charge >= 0.3 is 0 Å². The maximum absolute atomic E-state index is 9.86. The van der Waals surface area contributed by atoms with E-state index in [1.165, 1.54) is 38.5 Å². The molecule has 0 unspecified atom stereocenters. The molecule has 1 fully saturated rings. The van der Waals surface area contributed by atoms with Gasteiger partial charge in [0.1, 0.15) is 0 Å². The number of rotatable bonds is 3. The van der Waals surface area contributed by atoms with Crippen LogP contribution in [0.3, 0.4) is 0 Å². The van der Waals surface area contributed by atoms with Crippen molar-refractivity contribution in [1.82, 2.24) is 0 Å². The van der Waals surface area contributed by atoms with Crippen molar-refractivity contribution in [3.63, 3.8) is 0 Å². The minimum atomic E-state index is 0.00116. The molecule has 1 aliphatic carbocycles. The molecule has 1 rings (SSSR count). The van der Waals surface area contributed by atoms with Crippen LogP contribution < -0.4 is 0 Å². The summed E-state index contributed by atoms with van der Waals surface area (Å²) in [6, 6.07) is 0. The second-order valence-corrected chi connectivity index (χ2v) is 4.94. The molecule has 0 aliphatic heterocycles. The van der Waals surface area contributed by atoms with Crippen molar-refractivity contribution in [2.75, 3.05) is 0 Å². The van der Waals surface area contributed by atoms with E-state index in [1.54, 1.807) is 0 Å². The van der Waals surface area contributed by atoms with Crippen LogP contribution in [0, 0.1) is 11.8 Å². The number of hydrogen-bond acceptors (Lipinski definition) is 1. The molecule has 13 heavy (non-hydrogen) atoms. The van der Waals surface area contributed by atoms with Crippen molar-refractivity contribution in [2.45, 2.75) is 64.9 Å². The van der Waals surface area contributed by atoms with E-state index < -0.39 is 0 Å². The van der Waals surface area contributed by atoms with E-state index in [1.807, 2.05) is 0 Å². The van der Waals surface area contributed by atoms with Crippen molar-refractivity contribution in [2.24, 2.45) is 11.8 Å². The smallest absolute Gasteiger partial charge is 0.0568 e. The Morgan fingerprint density at radius 1 is 1.15 bits per heavy atom. The average Bonchev–Trinajstić information content (AvgIpc) is 2.27. The molecule has 1 N–H and O–H groups in total. The zero-order valence-corrected chi connectivity index (χ0v) is 9.13. The number of hydrogen-bond donors (Lipinski definition) is 1. The summed E-state index contributed by atoms with van der Waals surface area (Å²) in [5, 5.41) is 9.86. The Kier molecular flexibility index (Phi) is 4.79. The lowest BCUT2D eigenvalue weighted by molar-refractivity contribution is 0.0926. The fraction of sp³-hybridized carbons (Fsp3) is 1.00. The first kappa shape index (κ1) is 11.0. The molecule has 0 radical (unpaired) electrons. The minimum Gasteiger partial charge on any atom is -0.393 e. The first-order valence-electron chi connectivity index (χ1n) is 5.88. The van der Waals surface area contributed by atoms with E-state index in [4.69, 9.17) is 0 Å². The molecule has 0 saturated heterocycles. The Morgan fingerprint density at radius 3 is 2.54 bits per heavy atom. The molecule has 0 heterocycles. The molecule has 0 aromatic carbocycles. The lowest BCUT2D eigenvalue weighted by atomic mass is 9.90. The van der Waals surface area contributed by atoms with E-state index in [0.29, 0.717) is 5.92 Å². The molecule has 1 aliphatic rings. The van der Waals surface area contributed by atoms with Crippen LogP contribution in [0.15, 0.2) is 0 Å². The van der Waals surface area contributed by atoms with Gasteiger partial charge in [0, 0.05) is 0 Å². The molecule has 1 saturated carbocycles. The van der Waals surface area contributed by atoms with Gasteiger partial charge in [-0.05, 0) is 31.1 Å². The fourth-order valence-electron chi connectivity index (χ4n) is 2.25. The summed E-state index contributed by atoms with van der Waals surface area (Å²) in [6.07, 6.45) is 8.72. The zero-order chi connectivity index (χ0) is 9.68. The minimum absolute atomic E-state index is 0.00116. The van der Waals surface area contributed by atoms with Gasteiger partial charge in [-0.15, -0.1) is 0 Å². The Balaban J connectivity index is 2.27. The van der Waals surface area contributed by atoms with Gasteiger partial charge in [0.2, 0.25) is 0 Å². The summed E-state index contributed by atoms with van der Waals surface area (Å²) >= 11 is 0. The third kappa shape index (κ3) is 4.12. The van der Waals surface area contributed by atoms with Crippen LogP contribution in [-0.4, -0.2) is 11.2 Å². The van der Waals surface area contributed by atoms with Crippen LogP contribution in [0.1, 0.15) is 58.8 Å². The van der Waals surface area contributed by atoms with Crippen molar-refractivity contribution in [1.29, 1.82) is 0 Å². The van der Waals surface area contributed by atoms with E-state index in [9.17, 15) is 5.11 Å². The van der Waals surface area contributed by atoms with Crippen molar-refractivity contribution < 1.29 is 5.11 Å². The number of aliphatic hydroxyl groups excluding tert-OH is 1. The first-order chi connectivity index (χ1) is 6.20. The van der Waals surface area contributed by atoms with E-state index >= 15 is 0 Å². The topological polar surface area (TPSA) is 20.2 Å². The maximum Gasteiger partial charge on any atom is 0.0568 e. The largest absolute Gasteiger partial charge is 0.393 e. The summed E-state index contributed by atoms with van der Waals surface area (Å²) in [5.74, 6) is 1.39. The third-order valence-electron chi connectivity index (χ3n) is 3.23. The van der Waals surface area contributed by atoms with Crippen LogP contribution >= 0.6 is 0 Å². The van der Waals surface area contributed by atoms with Gasteiger partial charge in [0.25, 0.3) is 0 Å². The quantitative estimate of drug-likeness (QED) is 0.667. The lowest BCUT2D eigenvalue weighted by Gasteiger charge is -2.20. The second kappa shape index (κ2) is 5.64. The maximum atomic E-state index is 9.86. The van der Waals surface area contributed by atoms with Gasteiger partial charge in [-0.3, -0.25) is 0 Å². The standard InChI is InChI=1S/C12H24O/c1-10(2)8-9-11-6-4-3-5-7-12(11)13/h10-13H,3-9H2,1-2H3/t11-,12+/m0/s1. The monoisotopic (exact) mass is 184 g/mol. The molecular weight excluding hydrogens is 160 g/mol. The second-order valence-electron chi connectivity index (χ2n) is 4.94.